The Hall–Kier alpha value is -0.150. The van der Waals surface area contributed by atoms with Gasteiger partial charge in [-0.05, 0) is 6.42 Å². The second kappa shape index (κ2) is 6.38. The van der Waals surface area contributed by atoms with E-state index in [1.54, 1.807) is 0 Å². The van der Waals surface area contributed by atoms with Gasteiger partial charge in [-0.15, -0.1) is 0 Å². The van der Waals surface area contributed by atoms with Crippen LogP contribution in [0.5, 0.6) is 0 Å². The topological polar surface area (TPSA) is 29.5 Å². The van der Waals surface area contributed by atoms with Crippen molar-refractivity contribution in [1.82, 2.24) is 0 Å². The Morgan fingerprint density at radius 3 is 2.42 bits per heavy atom. The molecule has 0 aliphatic rings. The lowest BCUT2D eigenvalue weighted by molar-refractivity contribution is -0.155. The molecule has 0 aromatic heterocycles. The van der Waals surface area contributed by atoms with Gasteiger partial charge in [-0.3, -0.25) is 0 Å². The number of unbranched alkanes of at least 4 members (excludes halogenated alkanes) is 3. The fourth-order valence-electron chi connectivity index (χ4n) is 1.06. The highest BCUT2D eigenvalue weighted by Crippen LogP contribution is 2.20. The van der Waals surface area contributed by atoms with Gasteiger partial charge in [0.25, 0.3) is 0 Å². The Labute approximate surface area is 73.7 Å². The maximum atomic E-state index is 13.2. The maximum absolute atomic E-state index is 13.2. The molecular weight excluding hydrogens is 159 g/mol. The van der Waals surface area contributed by atoms with Crippen LogP contribution in [0.1, 0.15) is 39.0 Å². The van der Waals surface area contributed by atoms with Crippen molar-refractivity contribution in [1.29, 1.82) is 0 Å². The van der Waals surface area contributed by atoms with E-state index in [1.165, 1.54) is 7.11 Å². The Morgan fingerprint density at radius 1 is 1.33 bits per heavy atom. The molecule has 0 aromatic carbocycles. The first-order valence-corrected chi connectivity index (χ1v) is 4.53. The molecule has 0 heterocycles. The molecule has 1 unspecified atom stereocenters. The Morgan fingerprint density at radius 2 is 2.00 bits per heavy atom. The fourth-order valence-corrected chi connectivity index (χ4v) is 1.06. The van der Waals surface area contributed by atoms with E-state index in [2.05, 4.69) is 11.7 Å². The second-order valence-electron chi connectivity index (χ2n) is 3.06. The van der Waals surface area contributed by atoms with Gasteiger partial charge >= 0.3 is 0 Å². The van der Waals surface area contributed by atoms with Gasteiger partial charge in [0, 0.05) is 13.5 Å². The van der Waals surface area contributed by atoms with Crippen LogP contribution < -0.4 is 0 Å². The van der Waals surface area contributed by atoms with Gasteiger partial charge in [-0.2, -0.15) is 0 Å². The summed E-state index contributed by atoms with van der Waals surface area (Å²) in [6.07, 6.45) is 4.32. The van der Waals surface area contributed by atoms with E-state index in [9.17, 15) is 4.39 Å². The van der Waals surface area contributed by atoms with Gasteiger partial charge < -0.3 is 9.84 Å². The molecule has 1 N–H and O–H groups in total. The van der Waals surface area contributed by atoms with E-state index in [0.717, 1.165) is 25.7 Å². The van der Waals surface area contributed by atoms with Crippen LogP contribution in [0.3, 0.4) is 0 Å². The van der Waals surface area contributed by atoms with Crippen molar-refractivity contribution in [2.45, 2.75) is 44.9 Å². The van der Waals surface area contributed by atoms with E-state index < -0.39 is 12.5 Å². The zero-order valence-electron chi connectivity index (χ0n) is 7.98. The maximum Gasteiger partial charge on any atom is 0.232 e. The zero-order valence-corrected chi connectivity index (χ0v) is 7.98. The molecular formula is C9H19FO2. The lowest BCUT2D eigenvalue weighted by Crippen LogP contribution is -2.29. The molecule has 74 valence electrons. The van der Waals surface area contributed by atoms with Gasteiger partial charge in [0.2, 0.25) is 5.85 Å². The van der Waals surface area contributed by atoms with Crippen molar-refractivity contribution in [3.8, 4) is 0 Å². The number of hydrogen-bond acceptors (Lipinski definition) is 2. The summed E-state index contributed by atoms with van der Waals surface area (Å²) in [5.41, 5.74) is 0. The molecule has 0 bridgehead atoms. The van der Waals surface area contributed by atoms with E-state index in [-0.39, 0.29) is 0 Å². The number of ether oxygens (including phenoxy) is 1. The highest BCUT2D eigenvalue weighted by molar-refractivity contribution is 4.65. The van der Waals surface area contributed by atoms with Crippen molar-refractivity contribution in [2.24, 2.45) is 0 Å². The van der Waals surface area contributed by atoms with Crippen LogP contribution >= 0.6 is 0 Å². The predicted molar refractivity (Wildman–Crippen MR) is 46.7 cm³/mol. The minimum atomic E-state index is -1.81. The van der Waals surface area contributed by atoms with Crippen molar-refractivity contribution >= 4 is 0 Å². The van der Waals surface area contributed by atoms with E-state index in [4.69, 9.17) is 5.11 Å². The average molecular weight is 178 g/mol. The van der Waals surface area contributed by atoms with E-state index >= 15 is 0 Å². The number of alkyl halides is 1. The summed E-state index contributed by atoms with van der Waals surface area (Å²) < 4.78 is 17.8. The minimum absolute atomic E-state index is 0.292. The molecule has 12 heavy (non-hydrogen) atoms. The summed E-state index contributed by atoms with van der Waals surface area (Å²) in [7, 11) is 1.29. The molecule has 1 atom stereocenters. The predicted octanol–water partition coefficient (Wildman–Crippen LogP) is 2.26. The van der Waals surface area contributed by atoms with Crippen molar-refractivity contribution in [3.63, 3.8) is 0 Å². The Kier molecular flexibility index (Phi) is 6.30. The summed E-state index contributed by atoms with van der Waals surface area (Å²) in [5.74, 6) is -1.81. The van der Waals surface area contributed by atoms with Crippen molar-refractivity contribution < 1.29 is 14.2 Å². The third-order valence-electron chi connectivity index (χ3n) is 2.01. The van der Waals surface area contributed by atoms with Gasteiger partial charge in [0.15, 0.2) is 0 Å². The van der Waals surface area contributed by atoms with Crippen LogP contribution in [-0.2, 0) is 4.74 Å². The second-order valence-corrected chi connectivity index (χ2v) is 3.06. The average Bonchev–Trinajstić information content (AvgIpc) is 2.12. The van der Waals surface area contributed by atoms with Crippen LogP contribution in [0, 0.1) is 0 Å². The smallest absolute Gasteiger partial charge is 0.232 e. The number of methoxy groups -OCH3 is 1. The molecule has 0 aliphatic heterocycles. The summed E-state index contributed by atoms with van der Waals surface area (Å²) in [5, 5.41) is 8.64. The first-order chi connectivity index (χ1) is 5.68. The molecule has 0 amide bonds. The Balaban J connectivity index is 3.45. The fraction of sp³-hybridized carbons (Fsp3) is 1.00. The highest BCUT2D eigenvalue weighted by atomic mass is 19.2. The van der Waals surface area contributed by atoms with E-state index in [0.29, 0.717) is 6.42 Å². The van der Waals surface area contributed by atoms with Crippen molar-refractivity contribution in [2.75, 3.05) is 13.7 Å². The lowest BCUT2D eigenvalue weighted by atomic mass is 10.1. The Bertz CT molecular complexity index is 103. The molecule has 0 saturated carbocycles. The standard InChI is InChI=1S/C9H19FO2/c1-3-4-5-6-7-9(10,8-11)12-2/h11H,3-8H2,1-2H3. The molecule has 0 aromatic rings. The summed E-state index contributed by atoms with van der Waals surface area (Å²) in [4.78, 5) is 0. The normalized spacial score (nSPS) is 16.0. The summed E-state index contributed by atoms with van der Waals surface area (Å²) >= 11 is 0. The SMILES string of the molecule is CCCCCCC(F)(CO)OC. The molecule has 0 aliphatic carbocycles. The largest absolute Gasteiger partial charge is 0.390 e. The quantitative estimate of drug-likeness (QED) is 0.606. The van der Waals surface area contributed by atoms with Gasteiger partial charge in [0.1, 0.15) is 6.61 Å². The number of aliphatic hydroxyl groups excluding tert-OH is 1. The molecule has 0 radical (unpaired) electrons. The number of halogens is 1. The van der Waals surface area contributed by atoms with Crippen LogP contribution in [0.15, 0.2) is 0 Å². The van der Waals surface area contributed by atoms with Crippen molar-refractivity contribution in [3.05, 3.63) is 0 Å². The monoisotopic (exact) mass is 178 g/mol. The first kappa shape index (κ1) is 11.8. The first-order valence-electron chi connectivity index (χ1n) is 4.53. The molecule has 0 saturated heterocycles. The molecule has 0 rings (SSSR count). The minimum Gasteiger partial charge on any atom is -0.390 e. The van der Waals surface area contributed by atoms with Gasteiger partial charge in [-0.1, -0.05) is 26.2 Å². The number of hydrogen-bond donors (Lipinski definition) is 1. The molecule has 0 fully saturated rings. The third kappa shape index (κ3) is 4.67. The molecule has 2 nitrogen and oxygen atoms in total. The summed E-state index contributed by atoms with van der Waals surface area (Å²) in [6.45, 7) is 1.56. The lowest BCUT2D eigenvalue weighted by Gasteiger charge is -2.20. The molecule has 0 spiro atoms. The van der Waals surface area contributed by atoms with Gasteiger partial charge in [0.05, 0.1) is 0 Å². The molecule has 3 heteroatoms. The highest BCUT2D eigenvalue weighted by Gasteiger charge is 2.26. The van der Waals surface area contributed by atoms with Crippen LogP contribution in [0.2, 0.25) is 0 Å². The van der Waals surface area contributed by atoms with Crippen LogP contribution in [-0.4, -0.2) is 24.7 Å². The summed E-state index contributed by atoms with van der Waals surface area (Å²) in [6, 6.07) is 0. The zero-order chi connectivity index (χ0) is 9.45. The number of rotatable bonds is 7. The van der Waals surface area contributed by atoms with Crippen LogP contribution in [0.4, 0.5) is 4.39 Å². The van der Waals surface area contributed by atoms with E-state index in [1.807, 2.05) is 0 Å². The third-order valence-corrected chi connectivity index (χ3v) is 2.01. The van der Waals surface area contributed by atoms with Gasteiger partial charge in [-0.25, -0.2) is 4.39 Å². The van der Waals surface area contributed by atoms with Crippen LogP contribution in [0.25, 0.3) is 0 Å². The number of aliphatic hydroxyl groups is 1.